The van der Waals surface area contributed by atoms with Gasteiger partial charge in [-0.15, -0.1) is 0 Å². The van der Waals surface area contributed by atoms with E-state index in [0.717, 1.165) is 29.8 Å². The number of alkyl halides is 3. The highest BCUT2D eigenvalue weighted by atomic mass is 19.4. The summed E-state index contributed by atoms with van der Waals surface area (Å²) in [5.41, 5.74) is 10.4. The van der Waals surface area contributed by atoms with Crippen LogP contribution in [0.2, 0.25) is 0 Å². The van der Waals surface area contributed by atoms with E-state index in [1.807, 2.05) is 30.3 Å². The number of rotatable bonds is 5. The number of hydrazine groups is 1. The van der Waals surface area contributed by atoms with Crippen molar-refractivity contribution in [2.24, 2.45) is 5.10 Å². The van der Waals surface area contributed by atoms with Gasteiger partial charge >= 0.3 is 12.1 Å². The molecule has 1 aromatic heterocycles. The number of nitrogens with zero attached hydrogens (tertiary/aromatic N) is 1. The number of benzene rings is 2. The van der Waals surface area contributed by atoms with Crippen molar-refractivity contribution in [2.75, 3.05) is 10.9 Å². The summed E-state index contributed by atoms with van der Waals surface area (Å²) < 4.78 is 44.7. The molecule has 9 heteroatoms. The van der Waals surface area contributed by atoms with Crippen LogP contribution in [0.25, 0.3) is 0 Å². The Labute approximate surface area is 182 Å². The van der Waals surface area contributed by atoms with Crippen LogP contribution in [0.3, 0.4) is 0 Å². The fraction of sp³-hybridized carbons (Fsp3) is 0.217. The Morgan fingerprint density at radius 1 is 1.03 bits per heavy atom. The molecule has 6 nitrogen and oxygen atoms in total. The van der Waals surface area contributed by atoms with Gasteiger partial charge in [-0.2, -0.15) is 18.3 Å². The molecule has 2 aromatic carbocycles. The zero-order chi connectivity index (χ0) is 22.7. The first-order chi connectivity index (χ1) is 15.3. The smallest absolute Gasteiger partial charge is 0.416 e. The standard InChI is InChI=1S/C23H21F3N4O2/c1-14-20-18(29-28-17-10-5-7-15(13-17)23(24,25)26)11-6-12-19(20)32-21(14)22(31)30-27-16-8-3-2-4-9-16/h2-5,7-10,13,27-28H,6,11-12H2,1H3,(H,30,31)/b29-18+. The number of carbonyl (C=O) groups excluding carboxylic acids is 1. The monoisotopic (exact) mass is 442 g/mol. The minimum atomic E-state index is -4.43. The van der Waals surface area contributed by atoms with E-state index in [0.29, 0.717) is 29.9 Å². The normalized spacial score (nSPS) is 14.7. The Hall–Kier alpha value is -3.75. The number of halogens is 3. The summed E-state index contributed by atoms with van der Waals surface area (Å²) in [6.45, 7) is 1.77. The summed E-state index contributed by atoms with van der Waals surface area (Å²) in [5.74, 6) is 0.390. The Balaban J connectivity index is 1.53. The van der Waals surface area contributed by atoms with Gasteiger partial charge in [-0.25, -0.2) is 0 Å². The number of aryl methyl sites for hydroxylation is 1. The molecule has 3 aromatic rings. The average molecular weight is 442 g/mol. The molecule has 0 saturated heterocycles. The first kappa shape index (κ1) is 21.5. The Morgan fingerprint density at radius 3 is 2.53 bits per heavy atom. The van der Waals surface area contributed by atoms with Crippen molar-refractivity contribution >= 4 is 23.0 Å². The second kappa shape index (κ2) is 8.78. The van der Waals surface area contributed by atoms with E-state index >= 15 is 0 Å². The van der Waals surface area contributed by atoms with Crippen molar-refractivity contribution in [3.8, 4) is 0 Å². The molecule has 0 aliphatic heterocycles. The van der Waals surface area contributed by atoms with Crippen LogP contribution in [-0.2, 0) is 12.6 Å². The molecule has 0 bridgehead atoms. The van der Waals surface area contributed by atoms with Crippen LogP contribution in [-0.4, -0.2) is 11.6 Å². The highest BCUT2D eigenvalue weighted by molar-refractivity contribution is 6.06. The summed E-state index contributed by atoms with van der Waals surface area (Å²) in [4.78, 5) is 12.6. The van der Waals surface area contributed by atoms with E-state index in [2.05, 4.69) is 21.4 Å². The van der Waals surface area contributed by atoms with Crippen LogP contribution < -0.4 is 16.3 Å². The summed E-state index contributed by atoms with van der Waals surface area (Å²) in [6.07, 6.45) is -2.41. The predicted molar refractivity (Wildman–Crippen MR) is 116 cm³/mol. The first-order valence-corrected chi connectivity index (χ1v) is 10.1. The highest BCUT2D eigenvalue weighted by Gasteiger charge is 2.31. The second-order valence-corrected chi connectivity index (χ2v) is 7.40. The van der Waals surface area contributed by atoms with Crippen LogP contribution in [0.15, 0.2) is 64.1 Å². The minimum absolute atomic E-state index is 0.173. The van der Waals surface area contributed by atoms with Gasteiger partial charge in [0.2, 0.25) is 0 Å². The SMILES string of the molecule is Cc1c(C(=O)NNc2ccccc2)oc2c1/C(=N/Nc1cccc(C(F)(F)F)c1)CCC2. The number of hydrogen-bond donors (Lipinski definition) is 3. The van der Waals surface area contributed by atoms with Crippen LogP contribution in [0.1, 0.15) is 45.8 Å². The number of carbonyl (C=O) groups is 1. The van der Waals surface area contributed by atoms with Gasteiger partial charge in [0, 0.05) is 17.5 Å². The molecule has 166 valence electrons. The van der Waals surface area contributed by atoms with E-state index in [1.165, 1.54) is 12.1 Å². The van der Waals surface area contributed by atoms with Crippen molar-refractivity contribution < 1.29 is 22.4 Å². The Bertz CT molecular complexity index is 1150. The highest BCUT2D eigenvalue weighted by Crippen LogP contribution is 2.32. The fourth-order valence-electron chi connectivity index (χ4n) is 3.60. The maximum Gasteiger partial charge on any atom is 0.416 e. The number of hydrazone groups is 1. The molecule has 0 atom stereocenters. The maximum atomic E-state index is 12.9. The Kier molecular flexibility index (Phi) is 5.89. The lowest BCUT2D eigenvalue weighted by molar-refractivity contribution is -0.137. The summed E-state index contributed by atoms with van der Waals surface area (Å²) in [7, 11) is 0. The van der Waals surface area contributed by atoms with Gasteiger partial charge < -0.3 is 4.42 Å². The quantitative estimate of drug-likeness (QED) is 0.455. The Morgan fingerprint density at radius 2 is 1.78 bits per heavy atom. The molecule has 32 heavy (non-hydrogen) atoms. The van der Waals surface area contributed by atoms with E-state index in [4.69, 9.17) is 4.42 Å². The molecule has 3 N–H and O–H groups in total. The van der Waals surface area contributed by atoms with Gasteiger partial charge in [-0.1, -0.05) is 24.3 Å². The van der Waals surface area contributed by atoms with Crippen molar-refractivity contribution in [3.63, 3.8) is 0 Å². The summed E-state index contributed by atoms with van der Waals surface area (Å²) in [6, 6.07) is 14.0. The molecule has 0 unspecified atom stereocenters. The molecule has 4 rings (SSSR count). The lowest BCUT2D eigenvalue weighted by atomic mass is 9.93. The molecule has 1 aliphatic carbocycles. The lowest BCUT2D eigenvalue weighted by Crippen LogP contribution is -2.29. The molecule has 1 amide bonds. The van der Waals surface area contributed by atoms with Gasteiger partial charge in [-0.3, -0.25) is 21.1 Å². The molecular formula is C23H21F3N4O2. The van der Waals surface area contributed by atoms with Gasteiger partial charge in [0.15, 0.2) is 5.76 Å². The number of nitrogens with one attached hydrogen (secondary N) is 3. The topological polar surface area (TPSA) is 78.7 Å². The van der Waals surface area contributed by atoms with Crippen LogP contribution in [0.4, 0.5) is 24.5 Å². The van der Waals surface area contributed by atoms with Crippen LogP contribution in [0.5, 0.6) is 0 Å². The maximum absolute atomic E-state index is 12.9. The predicted octanol–water partition coefficient (Wildman–Crippen LogP) is 5.52. The molecule has 0 radical (unpaired) electrons. The van der Waals surface area contributed by atoms with E-state index < -0.39 is 17.6 Å². The molecule has 0 spiro atoms. The largest absolute Gasteiger partial charge is 0.455 e. The van der Waals surface area contributed by atoms with Crippen molar-refractivity contribution in [3.05, 3.63) is 82.8 Å². The molecule has 1 heterocycles. The van der Waals surface area contributed by atoms with Crippen LogP contribution >= 0.6 is 0 Å². The molecule has 1 aliphatic rings. The fourth-order valence-corrected chi connectivity index (χ4v) is 3.60. The zero-order valence-corrected chi connectivity index (χ0v) is 17.2. The molecule has 0 fully saturated rings. The van der Waals surface area contributed by atoms with Crippen molar-refractivity contribution in [2.45, 2.75) is 32.4 Å². The third-order valence-corrected chi connectivity index (χ3v) is 5.14. The molecule has 0 saturated carbocycles. The minimum Gasteiger partial charge on any atom is -0.455 e. The zero-order valence-electron chi connectivity index (χ0n) is 17.2. The number of hydrogen-bond acceptors (Lipinski definition) is 5. The average Bonchev–Trinajstić information content (AvgIpc) is 3.13. The lowest BCUT2D eigenvalue weighted by Gasteiger charge is -2.14. The third kappa shape index (κ3) is 4.61. The second-order valence-electron chi connectivity index (χ2n) is 7.40. The van der Waals surface area contributed by atoms with Crippen molar-refractivity contribution in [1.29, 1.82) is 0 Å². The summed E-state index contributed by atoms with van der Waals surface area (Å²) >= 11 is 0. The van der Waals surface area contributed by atoms with E-state index in [1.54, 1.807) is 6.92 Å². The molecular weight excluding hydrogens is 421 g/mol. The van der Waals surface area contributed by atoms with Gasteiger partial charge in [0.25, 0.3) is 0 Å². The van der Waals surface area contributed by atoms with E-state index in [9.17, 15) is 18.0 Å². The third-order valence-electron chi connectivity index (χ3n) is 5.14. The van der Waals surface area contributed by atoms with Gasteiger partial charge in [0.05, 0.1) is 22.6 Å². The van der Waals surface area contributed by atoms with Crippen molar-refractivity contribution in [1.82, 2.24) is 5.43 Å². The van der Waals surface area contributed by atoms with Gasteiger partial charge in [-0.05, 0) is 50.1 Å². The number of amides is 1. The number of fused-ring (bicyclic) bond motifs is 1. The first-order valence-electron chi connectivity index (χ1n) is 10.1. The number of furan rings is 1. The van der Waals surface area contributed by atoms with Gasteiger partial charge in [0.1, 0.15) is 5.76 Å². The number of para-hydroxylation sites is 1. The summed E-state index contributed by atoms with van der Waals surface area (Å²) in [5, 5.41) is 4.34. The van der Waals surface area contributed by atoms with Crippen LogP contribution in [0, 0.1) is 6.92 Å². The number of anilines is 2. The van der Waals surface area contributed by atoms with E-state index in [-0.39, 0.29) is 11.4 Å².